The molecule has 4 nitrogen and oxygen atoms in total. The van der Waals surface area contributed by atoms with Gasteiger partial charge in [-0.15, -0.1) is 24.8 Å². The Balaban J connectivity index is 0.00000196. The van der Waals surface area contributed by atoms with Gasteiger partial charge in [0, 0.05) is 13.0 Å². The van der Waals surface area contributed by atoms with Crippen LogP contribution in [0.2, 0.25) is 0 Å². The van der Waals surface area contributed by atoms with Gasteiger partial charge in [-0.1, -0.05) is 37.3 Å². The Morgan fingerprint density at radius 2 is 1.75 bits per heavy atom. The number of hydrogen-bond acceptors (Lipinski definition) is 3. The smallest absolute Gasteiger partial charge is 0.220 e. The van der Waals surface area contributed by atoms with Crippen molar-refractivity contribution < 1.29 is 4.79 Å². The van der Waals surface area contributed by atoms with Gasteiger partial charge in [0.25, 0.3) is 0 Å². The van der Waals surface area contributed by atoms with Crippen molar-refractivity contribution in [1.29, 1.82) is 0 Å². The van der Waals surface area contributed by atoms with E-state index < -0.39 is 0 Å². The lowest BCUT2D eigenvalue weighted by Gasteiger charge is -2.37. The number of nitrogens with one attached hydrogen (secondary N) is 2. The molecule has 2 saturated heterocycles. The van der Waals surface area contributed by atoms with Crippen molar-refractivity contribution in [2.24, 2.45) is 11.8 Å². The third kappa shape index (κ3) is 7.90. The highest BCUT2D eigenvalue weighted by Crippen LogP contribution is 2.26. The Hall–Kier alpha value is -0.810. The van der Waals surface area contributed by atoms with Gasteiger partial charge in [-0.05, 0) is 75.7 Å². The van der Waals surface area contributed by atoms with Gasteiger partial charge in [0.05, 0.1) is 6.04 Å². The fourth-order valence-corrected chi connectivity index (χ4v) is 4.28. The first-order valence-corrected chi connectivity index (χ1v) is 10.5. The van der Waals surface area contributed by atoms with E-state index in [4.69, 9.17) is 0 Å². The molecule has 2 heterocycles. The molecule has 28 heavy (non-hydrogen) atoms. The van der Waals surface area contributed by atoms with E-state index in [1.165, 1.54) is 31.2 Å². The molecule has 0 aliphatic carbocycles. The first-order chi connectivity index (χ1) is 12.7. The number of likely N-dealkylation sites (tertiary alicyclic amines) is 1. The van der Waals surface area contributed by atoms with Crippen LogP contribution < -0.4 is 10.6 Å². The Bertz CT molecular complexity index is 544. The average molecular weight is 430 g/mol. The summed E-state index contributed by atoms with van der Waals surface area (Å²) in [5, 5.41) is 6.63. The van der Waals surface area contributed by atoms with Crippen molar-refractivity contribution in [3.8, 4) is 0 Å². The monoisotopic (exact) mass is 429 g/mol. The molecule has 1 unspecified atom stereocenters. The quantitative estimate of drug-likeness (QED) is 0.682. The first-order valence-electron chi connectivity index (χ1n) is 10.5. The zero-order valence-electron chi connectivity index (χ0n) is 17.1. The van der Waals surface area contributed by atoms with Gasteiger partial charge >= 0.3 is 0 Å². The second-order valence-electron chi connectivity index (χ2n) is 8.18. The van der Waals surface area contributed by atoms with Gasteiger partial charge in [0.1, 0.15) is 0 Å². The van der Waals surface area contributed by atoms with Crippen molar-refractivity contribution >= 4 is 30.7 Å². The van der Waals surface area contributed by atoms with E-state index in [9.17, 15) is 4.79 Å². The van der Waals surface area contributed by atoms with Gasteiger partial charge in [-0.2, -0.15) is 0 Å². The van der Waals surface area contributed by atoms with Crippen LogP contribution in [-0.4, -0.2) is 43.5 Å². The third-order valence-electron chi connectivity index (χ3n) is 6.17. The van der Waals surface area contributed by atoms with Crippen LogP contribution in [0.5, 0.6) is 0 Å². The summed E-state index contributed by atoms with van der Waals surface area (Å²) in [5.74, 6) is 1.76. The van der Waals surface area contributed by atoms with Gasteiger partial charge in [-0.3, -0.25) is 9.69 Å². The van der Waals surface area contributed by atoms with Crippen LogP contribution in [0.15, 0.2) is 30.3 Å². The molecule has 1 amide bonds. The SMILES string of the molecule is CC1CCN(C(CNC(=O)CCC2CCNCC2)c2ccccc2)CC1.Cl.Cl. The number of nitrogens with zero attached hydrogens (tertiary/aromatic N) is 1. The number of halogens is 2. The number of rotatable bonds is 7. The highest BCUT2D eigenvalue weighted by molar-refractivity contribution is 5.85. The van der Waals surface area contributed by atoms with Crippen molar-refractivity contribution in [3.05, 3.63) is 35.9 Å². The second-order valence-corrected chi connectivity index (χ2v) is 8.18. The molecule has 2 fully saturated rings. The maximum absolute atomic E-state index is 12.4. The molecular formula is C22H37Cl2N3O. The molecule has 2 N–H and O–H groups in total. The number of benzene rings is 1. The topological polar surface area (TPSA) is 44.4 Å². The van der Waals surface area contributed by atoms with Gasteiger partial charge in [-0.25, -0.2) is 0 Å². The third-order valence-corrected chi connectivity index (χ3v) is 6.17. The van der Waals surface area contributed by atoms with Crippen LogP contribution in [0.25, 0.3) is 0 Å². The maximum atomic E-state index is 12.4. The largest absolute Gasteiger partial charge is 0.354 e. The lowest BCUT2D eigenvalue weighted by molar-refractivity contribution is -0.121. The number of amides is 1. The van der Waals surface area contributed by atoms with Crippen molar-refractivity contribution in [1.82, 2.24) is 15.5 Å². The summed E-state index contributed by atoms with van der Waals surface area (Å²) in [5.41, 5.74) is 1.32. The fraction of sp³-hybridized carbons (Fsp3) is 0.682. The Morgan fingerprint density at radius 1 is 1.11 bits per heavy atom. The van der Waals surface area contributed by atoms with Crippen molar-refractivity contribution in [2.75, 3.05) is 32.7 Å². The number of hydrogen-bond donors (Lipinski definition) is 2. The lowest BCUT2D eigenvalue weighted by atomic mass is 9.93. The summed E-state index contributed by atoms with van der Waals surface area (Å²) < 4.78 is 0. The molecule has 1 atom stereocenters. The normalized spacial score (nSPS) is 19.9. The summed E-state index contributed by atoms with van der Waals surface area (Å²) in [6.45, 7) is 7.55. The van der Waals surface area contributed by atoms with E-state index in [0.717, 1.165) is 51.0 Å². The van der Waals surface area contributed by atoms with Crippen LogP contribution >= 0.6 is 24.8 Å². The minimum atomic E-state index is 0. The second kappa shape index (κ2) is 13.4. The molecule has 3 rings (SSSR count). The van der Waals surface area contributed by atoms with Crippen LogP contribution in [0, 0.1) is 11.8 Å². The van der Waals surface area contributed by atoms with Gasteiger partial charge in [0.2, 0.25) is 5.91 Å². The van der Waals surface area contributed by atoms with Crippen LogP contribution in [0.1, 0.15) is 57.1 Å². The molecular weight excluding hydrogens is 393 g/mol. The van der Waals surface area contributed by atoms with Crippen molar-refractivity contribution in [2.45, 2.75) is 51.5 Å². The minimum Gasteiger partial charge on any atom is -0.354 e. The first kappa shape index (κ1) is 25.2. The Kier molecular flexibility index (Phi) is 12.1. The fourth-order valence-electron chi connectivity index (χ4n) is 4.28. The summed E-state index contributed by atoms with van der Waals surface area (Å²) in [6, 6.07) is 11.0. The summed E-state index contributed by atoms with van der Waals surface area (Å²) in [4.78, 5) is 15.0. The van der Waals surface area contributed by atoms with E-state index in [0.29, 0.717) is 12.5 Å². The Morgan fingerprint density at radius 3 is 2.39 bits per heavy atom. The van der Waals surface area contributed by atoms with Crippen LogP contribution in [-0.2, 0) is 4.79 Å². The molecule has 0 saturated carbocycles. The molecule has 2 aliphatic rings. The molecule has 0 spiro atoms. The summed E-state index contributed by atoms with van der Waals surface area (Å²) >= 11 is 0. The van der Waals surface area contributed by atoms with E-state index >= 15 is 0 Å². The zero-order chi connectivity index (χ0) is 18.2. The maximum Gasteiger partial charge on any atom is 0.220 e. The lowest BCUT2D eigenvalue weighted by Crippen LogP contribution is -2.42. The molecule has 1 aromatic rings. The van der Waals surface area contributed by atoms with E-state index in [2.05, 4.69) is 52.8 Å². The summed E-state index contributed by atoms with van der Waals surface area (Å²) in [7, 11) is 0. The minimum absolute atomic E-state index is 0. The number of piperidine rings is 2. The molecule has 0 aromatic heterocycles. The molecule has 2 aliphatic heterocycles. The average Bonchev–Trinajstić information content (AvgIpc) is 2.69. The Labute approximate surface area is 183 Å². The molecule has 1 aromatic carbocycles. The number of carbonyl (C=O) groups excluding carboxylic acids is 1. The molecule has 0 radical (unpaired) electrons. The van der Waals surface area contributed by atoms with Crippen molar-refractivity contribution in [3.63, 3.8) is 0 Å². The highest BCUT2D eigenvalue weighted by atomic mass is 35.5. The molecule has 0 bridgehead atoms. The standard InChI is InChI=1S/C22H35N3O.2ClH/c1-18-11-15-25(16-12-18)21(20-5-3-2-4-6-20)17-24-22(26)8-7-19-9-13-23-14-10-19;;/h2-6,18-19,21,23H,7-17H2,1H3,(H,24,26);2*1H. The molecule has 160 valence electrons. The van der Waals surface area contributed by atoms with Crippen LogP contribution in [0.4, 0.5) is 0 Å². The predicted octanol–water partition coefficient (Wildman–Crippen LogP) is 4.20. The van der Waals surface area contributed by atoms with Gasteiger partial charge in [0.15, 0.2) is 0 Å². The zero-order valence-corrected chi connectivity index (χ0v) is 18.7. The number of carbonyl (C=O) groups is 1. The van der Waals surface area contributed by atoms with E-state index in [-0.39, 0.29) is 30.7 Å². The highest BCUT2D eigenvalue weighted by Gasteiger charge is 2.25. The summed E-state index contributed by atoms with van der Waals surface area (Å²) in [6.07, 6.45) is 6.64. The molecule has 6 heteroatoms. The van der Waals surface area contributed by atoms with Gasteiger partial charge < -0.3 is 10.6 Å². The van der Waals surface area contributed by atoms with Crippen LogP contribution in [0.3, 0.4) is 0 Å². The van der Waals surface area contributed by atoms with E-state index in [1.54, 1.807) is 0 Å². The predicted molar refractivity (Wildman–Crippen MR) is 121 cm³/mol. The van der Waals surface area contributed by atoms with E-state index in [1.807, 2.05) is 0 Å².